The molecule has 140 valence electrons. The van der Waals surface area contributed by atoms with Crippen LogP contribution in [0.5, 0.6) is 0 Å². The molecular weight excluding hydrogens is 328 g/mol. The number of likely N-dealkylation sites (N-methyl/N-ethyl adjacent to an activating group) is 1. The van der Waals surface area contributed by atoms with Crippen LogP contribution < -0.4 is 4.90 Å². The van der Waals surface area contributed by atoms with E-state index in [1.165, 1.54) is 11.1 Å². The lowest BCUT2D eigenvalue weighted by molar-refractivity contribution is 0.128. The molecule has 1 aliphatic rings. The molecule has 6 heteroatoms. The Hall–Kier alpha value is -2.18. The molecule has 0 amide bonds. The van der Waals surface area contributed by atoms with Gasteiger partial charge in [-0.05, 0) is 19.4 Å². The number of fused-ring (bicyclic) bond motifs is 1. The number of rotatable bonds is 8. The molecule has 3 rings (SSSR count). The third-order valence-corrected chi connectivity index (χ3v) is 4.65. The van der Waals surface area contributed by atoms with Crippen LogP contribution in [0.25, 0.3) is 0 Å². The number of hydrogen-bond acceptors (Lipinski definition) is 6. The van der Waals surface area contributed by atoms with Crippen molar-refractivity contribution in [2.75, 3.05) is 38.2 Å². The molecule has 0 saturated carbocycles. The maximum Gasteiger partial charge on any atom is 0.156 e. The second-order valence-electron chi connectivity index (χ2n) is 6.60. The predicted molar refractivity (Wildman–Crippen MR) is 102 cm³/mol. The summed E-state index contributed by atoms with van der Waals surface area (Å²) in [7, 11) is 2.06. The van der Waals surface area contributed by atoms with Crippen LogP contribution in [0.1, 0.15) is 29.6 Å². The quantitative estimate of drug-likeness (QED) is 0.678. The largest absolute Gasteiger partial charge is 0.472 e. The first-order valence-corrected chi connectivity index (χ1v) is 9.23. The lowest BCUT2D eigenvalue weighted by Crippen LogP contribution is -2.26. The van der Waals surface area contributed by atoms with Gasteiger partial charge in [0, 0.05) is 57.4 Å². The van der Waals surface area contributed by atoms with Crippen LogP contribution in [0.4, 0.5) is 5.82 Å². The molecule has 6 nitrogen and oxygen atoms in total. The normalized spacial score (nSPS) is 14.7. The van der Waals surface area contributed by atoms with Crippen LogP contribution in [-0.2, 0) is 30.7 Å². The van der Waals surface area contributed by atoms with Crippen LogP contribution in [0, 0.1) is 0 Å². The minimum Gasteiger partial charge on any atom is -0.472 e. The highest BCUT2D eigenvalue weighted by atomic mass is 16.5. The molecule has 0 saturated heterocycles. The molecule has 0 unspecified atom stereocenters. The minimum atomic E-state index is 0.456. The molecule has 0 fully saturated rings. The minimum absolute atomic E-state index is 0.456. The summed E-state index contributed by atoms with van der Waals surface area (Å²) in [5.74, 6) is 1.77. The van der Waals surface area contributed by atoms with Crippen molar-refractivity contribution in [3.05, 3.63) is 53.9 Å². The smallest absolute Gasteiger partial charge is 0.156 e. The monoisotopic (exact) mass is 356 g/mol. The van der Waals surface area contributed by atoms with E-state index in [-0.39, 0.29) is 0 Å². The highest BCUT2D eigenvalue weighted by molar-refractivity contribution is 5.50. The van der Waals surface area contributed by atoms with Crippen molar-refractivity contribution in [2.24, 2.45) is 0 Å². The molecular formula is C20H28N4O2. The zero-order chi connectivity index (χ0) is 18.4. The summed E-state index contributed by atoms with van der Waals surface area (Å²) >= 11 is 0. The van der Waals surface area contributed by atoms with Crippen LogP contribution in [-0.4, -0.2) is 48.2 Å². The van der Waals surface area contributed by atoms with Crippen LogP contribution in [0.2, 0.25) is 0 Å². The number of aromatic nitrogens is 2. The van der Waals surface area contributed by atoms with E-state index in [0.717, 1.165) is 56.4 Å². The molecule has 0 N–H and O–H groups in total. The topological polar surface area (TPSA) is 54.6 Å². The van der Waals surface area contributed by atoms with Crippen molar-refractivity contribution in [3.63, 3.8) is 0 Å². The lowest BCUT2D eigenvalue weighted by Gasteiger charge is -2.22. The molecule has 0 bridgehead atoms. The molecule has 0 radical (unpaired) electrons. The predicted octanol–water partition coefficient (Wildman–Crippen LogP) is 2.83. The highest BCUT2D eigenvalue weighted by Crippen LogP contribution is 2.25. The van der Waals surface area contributed by atoms with E-state index in [4.69, 9.17) is 19.1 Å². The van der Waals surface area contributed by atoms with Crippen molar-refractivity contribution < 1.29 is 9.15 Å². The van der Waals surface area contributed by atoms with Crippen molar-refractivity contribution in [1.82, 2.24) is 14.9 Å². The summed E-state index contributed by atoms with van der Waals surface area (Å²) in [4.78, 5) is 14.2. The second-order valence-corrected chi connectivity index (χ2v) is 6.60. The fourth-order valence-electron chi connectivity index (χ4n) is 3.33. The Morgan fingerprint density at radius 1 is 1.35 bits per heavy atom. The van der Waals surface area contributed by atoms with Crippen molar-refractivity contribution in [1.29, 1.82) is 0 Å². The Balaban J connectivity index is 1.83. The van der Waals surface area contributed by atoms with Gasteiger partial charge in [0.05, 0.1) is 18.2 Å². The number of furan rings is 1. The van der Waals surface area contributed by atoms with E-state index in [1.807, 2.05) is 25.3 Å². The van der Waals surface area contributed by atoms with Crippen LogP contribution in [0.15, 0.2) is 35.7 Å². The SMILES string of the molecule is C=CCN(C)c1nc(COCC)nc2c1CCN(Cc1ccoc1)CC2. The van der Waals surface area contributed by atoms with E-state index >= 15 is 0 Å². The summed E-state index contributed by atoms with van der Waals surface area (Å²) in [6, 6.07) is 2.03. The Kier molecular flexibility index (Phi) is 6.41. The molecule has 0 aromatic carbocycles. The van der Waals surface area contributed by atoms with Gasteiger partial charge in [0.25, 0.3) is 0 Å². The number of anilines is 1. The Morgan fingerprint density at radius 3 is 2.92 bits per heavy atom. The van der Waals surface area contributed by atoms with Gasteiger partial charge in [-0.15, -0.1) is 6.58 Å². The third-order valence-electron chi connectivity index (χ3n) is 4.65. The van der Waals surface area contributed by atoms with Gasteiger partial charge in [-0.1, -0.05) is 6.08 Å². The van der Waals surface area contributed by atoms with Crippen LogP contribution >= 0.6 is 0 Å². The Labute approximate surface area is 155 Å². The van der Waals surface area contributed by atoms with Gasteiger partial charge < -0.3 is 14.1 Å². The third kappa shape index (κ3) is 4.51. The molecule has 0 spiro atoms. The molecule has 0 atom stereocenters. The van der Waals surface area contributed by atoms with E-state index < -0.39 is 0 Å². The maximum atomic E-state index is 5.54. The molecule has 26 heavy (non-hydrogen) atoms. The van der Waals surface area contributed by atoms with Gasteiger partial charge >= 0.3 is 0 Å². The average molecular weight is 356 g/mol. The van der Waals surface area contributed by atoms with E-state index in [0.29, 0.717) is 13.2 Å². The summed E-state index contributed by atoms with van der Waals surface area (Å²) in [6.45, 7) is 10.6. The first-order valence-electron chi connectivity index (χ1n) is 9.23. The second kappa shape index (κ2) is 8.96. The van der Waals surface area contributed by atoms with Crippen LogP contribution in [0.3, 0.4) is 0 Å². The maximum absolute atomic E-state index is 5.54. The van der Waals surface area contributed by atoms with Gasteiger partial charge in [0.1, 0.15) is 12.4 Å². The first-order chi connectivity index (χ1) is 12.7. The summed E-state index contributed by atoms with van der Waals surface area (Å²) in [5, 5.41) is 0. The van der Waals surface area contributed by atoms with Gasteiger partial charge in [0.2, 0.25) is 0 Å². The molecule has 0 aliphatic carbocycles. The Morgan fingerprint density at radius 2 is 2.19 bits per heavy atom. The van der Waals surface area contributed by atoms with Crippen molar-refractivity contribution in [2.45, 2.75) is 32.9 Å². The molecule has 2 aromatic heterocycles. The number of hydrogen-bond donors (Lipinski definition) is 0. The molecule has 2 aromatic rings. The molecule has 1 aliphatic heterocycles. The van der Waals surface area contributed by atoms with E-state index in [1.54, 1.807) is 6.26 Å². The van der Waals surface area contributed by atoms with Gasteiger partial charge in [-0.25, -0.2) is 9.97 Å². The van der Waals surface area contributed by atoms with Gasteiger partial charge in [-0.3, -0.25) is 4.90 Å². The summed E-state index contributed by atoms with van der Waals surface area (Å²) in [6.07, 6.45) is 7.32. The standard InChI is InChI=1S/C20H28N4O2/c1-4-9-23(3)20-17-6-10-24(13-16-8-12-26-14-16)11-7-18(17)21-19(22-20)15-25-5-2/h4,8,12,14H,1,5-7,9-11,13,15H2,2-3H3. The average Bonchev–Trinajstić information content (AvgIpc) is 3.07. The Bertz CT molecular complexity index is 715. The molecule has 3 heterocycles. The van der Waals surface area contributed by atoms with E-state index in [2.05, 4.69) is 23.4 Å². The first kappa shape index (κ1) is 18.6. The van der Waals surface area contributed by atoms with Crippen molar-refractivity contribution in [3.8, 4) is 0 Å². The highest BCUT2D eigenvalue weighted by Gasteiger charge is 2.22. The number of nitrogens with zero attached hydrogens (tertiary/aromatic N) is 4. The zero-order valence-electron chi connectivity index (χ0n) is 15.8. The van der Waals surface area contributed by atoms with Crippen molar-refractivity contribution >= 4 is 5.82 Å². The summed E-state index contributed by atoms with van der Waals surface area (Å²) in [5.41, 5.74) is 3.61. The van der Waals surface area contributed by atoms with E-state index in [9.17, 15) is 0 Å². The fraction of sp³-hybridized carbons (Fsp3) is 0.500. The van der Waals surface area contributed by atoms with Gasteiger partial charge in [0.15, 0.2) is 5.82 Å². The van der Waals surface area contributed by atoms with Gasteiger partial charge in [-0.2, -0.15) is 0 Å². The fourth-order valence-corrected chi connectivity index (χ4v) is 3.33. The zero-order valence-corrected chi connectivity index (χ0v) is 15.8. The lowest BCUT2D eigenvalue weighted by atomic mass is 10.1. The number of ether oxygens (including phenoxy) is 1. The summed E-state index contributed by atoms with van der Waals surface area (Å²) < 4.78 is 10.7.